The van der Waals surface area contributed by atoms with Gasteiger partial charge in [-0.05, 0) is 73.9 Å². The summed E-state index contributed by atoms with van der Waals surface area (Å²) in [5, 5.41) is 9.76. The molecule has 3 rings (SSSR count). The number of benzene rings is 2. The van der Waals surface area contributed by atoms with Gasteiger partial charge in [0.05, 0.1) is 34.4 Å². The molecule has 8 heteroatoms. The van der Waals surface area contributed by atoms with Gasteiger partial charge in [0.1, 0.15) is 11.8 Å². The zero-order valence-electron chi connectivity index (χ0n) is 21.6. The Morgan fingerprint density at radius 3 is 2.17 bits per heavy atom. The van der Waals surface area contributed by atoms with E-state index in [1.54, 1.807) is 24.1 Å². The van der Waals surface area contributed by atoms with Crippen molar-refractivity contribution in [1.29, 1.82) is 0 Å². The predicted octanol–water partition coefficient (Wildman–Crippen LogP) is 4.68. The van der Waals surface area contributed by atoms with E-state index in [0.29, 0.717) is 36.6 Å². The summed E-state index contributed by atoms with van der Waals surface area (Å²) in [5.41, 5.74) is 1.93. The molecule has 1 aliphatic rings. The molecule has 2 aromatic carbocycles. The summed E-state index contributed by atoms with van der Waals surface area (Å²) in [7, 11) is 6.26. The first-order valence-corrected chi connectivity index (χ1v) is 12.4. The number of carboxylic acids is 1. The van der Waals surface area contributed by atoms with Gasteiger partial charge < -0.3 is 29.0 Å². The number of carboxylic acid groups (broad SMARTS) is 1. The standard InChI is InChI=1S/C28H37NO7/c1-33-21-14-12-19(13-15-21)9-5-6-10-22(27(30)29-16-8-7-11-23(29)28(31)32)20-17-24(34-2)26(36-4)25(18-20)35-3/h12-15,17-18,22-23H,5-11,16H2,1-4H3,(H,31,32)/t22?,23-/m0/s1. The van der Waals surface area contributed by atoms with E-state index in [9.17, 15) is 14.7 Å². The van der Waals surface area contributed by atoms with Crippen LogP contribution in [-0.2, 0) is 16.0 Å². The number of nitrogens with zero attached hydrogens (tertiary/aromatic N) is 1. The van der Waals surface area contributed by atoms with Crippen LogP contribution in [0.3, 0.4) is 0 Å². The smallest absolute Gasteiger partial charge is 0.326 e. The van der Waals surface area contributed by atoms with Crippen LogP contribution in [0.25, 0.3) is 0 Å². The first-order valence-electron chi connectivity index (χ1n) is 12.4. The number of hydrogen-bond acceptors (Lipinski definition) is 6. The van der Waals surface area contributed by atoms with Crippen LogP contribution >= 0.6 is 0 Å². The number of piperidine rings is 1. The lowest BCUT2D eigenvalue weighted by Gasteiger charge is -2.35. The molecule has 1 heterocycles. The average Bonchev–Trinajstić information content (AvgIpc) is 2.92. The minimum atomic E-state index is -0.953. The van der Waals surface area contributed by atoms with Gasteiger partial charge in [-0.2, -0.15) is 0 Å². The minimum Gasteiger partial charge on any atom is -0.497 e. The van der Waals surface area contributed by atoms with Gasteiger partial charge in [0.2, 0.25) is 11.7 Å². The molecule has 1 amide bonds. The maximum atomic E-state index is 13.8. The largest absolute Gasteiger partial charge is 0.497 e. The van der Waals surface area contributed by atoms with Crippen LogP contribution < -0.4 is 18.9 Å². The fourth-order valence-electron chi connectivity index (χ4n) is 4.86. The number of carbonyl (C=O) groups excluding carboxylic acids is 1. The van der Waals surface area contributed by atoms with E-state index in [4.69, 9.17) is 18.9 Å². The number of unbranched alkanes of at least 4 members (excludes halogenated alkanes) is 1. The lowest BCUT2D eigenvalue weighted by Crippen LogP contribution is -2.49. The van der Waals surface area contributed by atoms with E-state index in [0.717, 1.165) is 43.4 Å². The monoisotopic (exact) mass is 499 g/mol. The third-order valence-electron chi connectivity index (χ3n) is 6.83. The van der Waals surface area contributed by atoms with Crippen molar-refractivity contribution < 1.29 is 33.6 Å². The number of ether oxygens (including phenoxy) is 4. The summed E-state index contributed by atoms with van der Waals surface area (Å²) in [4.78, 5) is 27.3. The fraction of sp³-hybridized carbons (Fsp3) is 0.500. The van der Waals surface area contributed by atoms with E-state index >= 15 is 0 Å². The molecule has 1 saturated heterocycles. The molecule has 1 N–H and O–H groups in total. The zero-order chi connectivity index (χ0) is 26.1. The van der Waals surface area contributed by atoms with Crippen molar-refractivity contribution in [3.8, 4) is 23.0 Å². The van der Waals surface area contributed by atoms with Crippen LogP contribution in [0, 0.1) is 0 Å². The van der Waals surface area contributed by atoms with Crippen molar-refractivity contribution in [1.82, 2.24) is 4.90 Å². The van der Waals surface area contributed by atoms with Gasteiger partial charge in [-0.25, -0.2) is 4.79 Å². The molecule has 1 aliphatic heterocycles. The summed E-state index contributed by atoms with van der Waals surface area (Å²) in [6, 6.07) is 10.8. The van der Waals surface area contributed by atoms with E-state index in [1.165, 1.54) is 26.9 Å². The molecule has 36 heavy (non-hydrogen) atoms. The molecule has 196 valence electrons. The number of aryl methyl sites for hydroxylation is 1. The molecule has 2 aromatic rings. The van der Waals surface area contributed by atoms with Crippen molar-refractivity contribution >= 4 is 11.9 Å². The van der Waals surface area contributed by atoms with Crippen molar-refractivity contribution in [2.24, 2.45) is 0 Å². The fourth-order valence-corrected chi connectivity index (χ4v) is 4.86. The van der Waals surface area contributed by atoms with Gasteiger partial charge in [0.25, 0.3) is 0 Å². The maximum absolute atomic E-state index is 13.8. The summed E-state index contributed by atoms with van der Waals surface area (Å²) in [5.74, 6) is 0.575. The molecule has 0 radical (unpaired) electrons. The highest BCUT2D eigenvalue weighted by molar-refractivity contribution is 5.88. The maximum Gasteiger partial charge on any atom is 0.326 e. The SMILES string of the molecule is COc1ccc(CCCCC(C(=O)N2CCCC[C@H]2C(=O)O)c2cc(OC)c(OC)c(OC)c2)cc1. The third-order valence-corrected chi connectivity index (χ3v) is 6.83. The van der Waals surface area contributed by atoms with E-state index in [2.05, 4.69) is 0 Å². The number of rotatable bonds is 12. The Morgan fingerprint density at radius 2 is 1.61 bits per heavy atom. The second-order valence-corrected chi connectivity index (χ2v) is 8.99. The Balaban J connectivity index is 1.85. The van der Waals surface area contributed by atoms with Crippen LogP contribution in [0.15, 0.2) is 36.4 Å². The Kier molecular flexibility index (Phi) is 9.85. The highest BCUT2D eigenvalue weighted by Gasteiger charge is 2.36. The van der Waals surface area contributed by atoms with Gasteiger partial charge >= 0.3 is 5.97 Å². The normalized spacial score (nSPS) is 16.2. The molecular formula is C28H37NO7. The molecule has 0 spiro atoms. The van der Waals surface area contributed by atoms with Gasteiger partial charge in [-0.15, -0.1) is 0 Å². The lowest BCUT2D eigenvalue weighted by molar-refractivity contribution is -0.152. The number of amides is 1. The Morgan fingerprint density at radius 1 is 0.944 bits per heavy atom. The number of methoxy groups -OCH3 is 4. The topological polar surface area (TPSA) is 94.5 Å². The molecular weight excluding hydrogens is 462 g/mol. The highest BCUT2D eigenvalue weighted by Crippen LogP contribution is 2.41. The van der Waals surface area contributed by atoms with Crippen molar-refractivity contribution in [3.05, 3.63) is 47.5 Å². The Labute approximate surface area is 213 Å². The van der Waals surface area contributed by atoms with Crippen molar-refractivity contribution in [3.63, 3.8) is 0 Å². The van der Waals surface area contributed by atoms with E-state index in [-0.39, 0.29) is 5.91 Å². The lowest BCUT2D eigenvalue weighted by atomic mass is 9.89. The van der Waals surface area contributed by atoms with Crippen LogP contribution in [0.1, 0.15) is 55.6 Å². The van der Waals surface area contributed by atoms with Gasteiger partial charge in [0, 0.05) is 6.54 Å². The molecule has 0 saturated carbocycles. The van der Waals surface area contributed by atoms with E-state index < -0.39 is 17.9 Å². The summed E-state index contributed by atoms with van der Waals surface area (Å²) in [6.07, 6.45) is 5.22. The quantitative estimate of drug-likeness (QED) is 0.424. The molecule has 8 nitrogen and oxygen atoms in total. The molecule has 1 unspecified atom stereocenters. The molecule has 0 aromatic heterocycles. The van der Waals surface area contributed by atoms with Gasteiger partial charge in [-0.3, -0.25) is 4.79 Å². The zero-order valence-corrected chi connectivity index (χ0v) is 21.6. The number of aliphatic carboxylic acids is 1. The number of hydrogen-bond donors (Lipinski definition) is 1. The summed E-state index contributed by atoms with van der Waals surface area (Å²) < 4.78 is 21.7. The van der Waals surface area contributed by atoms with Crippen molar-refractivity contribution in [2.45, 2.75) is 56.9 Å². The second-order valence-electron chi connectivity index (χ2n) is 8.99. The molecule has 0 bridgehead atoms. The van der Waals surface area contributed by atoms with Crippen LogP contribution in [-0.4, -0.2) is 62.9 Å². The number of carbonyl (C=O) groups is 2. The number of likely N-dealkylation sites (tertiary alicyclic amines) is 1. The van der Waals surface area contributed by atoms with E-state index in [1.807, 2.05) is 24.3 Å². The third kappa shape index (κ3) is 6.42. The molecule has 1 fully saturated rings. The van der Waals surface area contributed by atoms with Crippen LogP contribution in [0.5, 0.6) is 23.0 Å². The molecule has 2 atom stereocenters. The molecule has 0 aliphatic carbocycles. The van der Waals surface area contributed by atoms with Crippen molar-refractivity contribution in [2.75, 3.05) is 35.0 Å². The van der Waals surface area contributed by atoms with Crippen LogP contribution in [0.4, 0.5) is 0 Å². The summed E-state index contributed by atoms with van der Waals surface area (Å²) >= 11 is 0. The summed E-state index contributed by atoms with van der Waals surface area (Å²) in [6.45, 7) is 0.447. The van der Waals surface area contributed by atoms with Gasteiger partial charge in [0.15, 0.2) is 11.5 Å². The highest BCUT2D eigenvalue weighted by atomic mass is 16.5. The Hall–Kier alpha value is -3.42. The Bertz CT molecular complexity index is 996. The second kappa shape index (κ2) is 13.0. The average molecular weight is 500 g/mol. The minimum absolute atomic E-state index is 0.166. The first kappa shape index (κ1) is 27.2. The van der Waals surface area contributed by atoms with Crippen LogP contribution in [0.2, 0.25) is 0 Å². The van der Waals surface area contributed by atoms with Gasteiger partial charge in [-0.1, -0.05) is 18.6 Å². The predicted molar refractivity (Wildman–Crippen MR) is 136 cm³/mol. The first-order chi connectivity index (χ1) is 17.4.